The molecule has 0 unspecified atom stereocenters. The van der Waals surface area contributed by atoms with Gasteiger partial charge in [0.15, 0.2) is 0 Å². The van der Waals surface area contributed by atoms with Crippen LogP contribution < -0.4 is 11.2 Å². The number of ether oxygens (including phenoxy) is 2. The fourth-order valence-electron chi connectivity index (χ4n) is 2.76. The van der Waals surface area contributed by atoms with Gasteiger partial charge in [0.1, 0.15) is 18.4 Å². The number of rotatable bonds is 5. The van der Waals surface area contributed by atoms with E-state index in [4.69, 9.17) is 9.47 Å². The number of aromatic nitrogens is 2. The fourth-order valence-corrected chi connectivity index (χ4v) is 2.76. The van der Waals surface area contributed by atoms with Gasteiger partial charge in [-0.15, -0.1) is 0 Å². The number of non-ortho nitro benzene ring substituents is 1. The van der Waals surface area contributed by atoms with E-state index >= 15 is 0 Å². The summed E-state index contributed by atoms with van der Waals surface area (Å²) in [6, 6.07) is 4.69. The van der Waals surface area contributed by atoms with Gasteiger partial charge in [0.05, 0.1) is 23.3 Å². The van der Waals surface area contributed by atoms with Gasteiger partial charge in [0.25, 0.3) is 11.2 Å². The van der Waals surface area contributed by atoms with Gasteiger partial charge in [-0.05, 0) is 12.1 Å². The maximum absolute atomic E-state index is 13.5. The Hall–Kier alpha value is -3.38. The zero-order valence-electron chi connectivity index (χ0n) is 14.1. The van der Waals surface area contributed by atoms with E-state index in [0.717, 1.165) is 16.7 Å². The molecule has 1 fully saturated rings. The molecule has 28 heavy (non-hydrogen) atoms. The van der Waals surface area contributed by atoms with E-state index in [1.807, 2.05) is 0 Å². The number of carbonyl (C=O) groups excluding carboxylic acids is 1. The molecule has 1 saturated heterocycles. The van der Waals surface area contributed by atoms with Gasteiger partial charge in [0.2, 0.25) is 5.82 Å². The topological polar surface area (TPSA) is 154 Å². The van der Waals surface area contributed by atoms with Gasteiger partial charge >= 0.3 is 11.7 Å². The molecule has 1 aromatic heterocycles. The molecule has 3 atom stereocenters. The Morgan fingerprint density at radius 1 is 1.39 bits per heavy atom. The van der Waals surface area contributed by atoms with Gasteiger partial charge in [-0.1, -0.05) is 0 Å². The number of H-pyrrole nitrogens is 1. The average molecular weight is 395 g/mol. The molecule has 2 N–H and O–H groups in total. The molecule has 0 bridgehead atoms. The first-order valence-corrected chi connectivity index (χ1v) is 8.03. The Labute approximate surface area is 155 Å². The second-order valence-corrected chi connectivity index (χ2v) is 5.94. The lowest BCUT2D eigenvalue weighted by atomic mass is 10.1. The summed E-state index contributed by atoms with van der Waals surface area (Å²) in [7, 11) is 0. The van der Waals surface area contributed by atoms with Crippen molar-refractivity contribution in [1.82, 2.24) is 9.55 Å². The second kappa shape index (κ2) is 7.70. The van der Waals surface area contributed by atoms with Crippen molar-refractivity contribution in [2.24, 2.45) is 0 Å². The largest absolute Gasteiger partial charge is 0.456 e. The third-order valence-electron chi connectivity index (χ3n) is 4.17. The monoisotopic (exact) mass is 395 g/mol. The third kappa shape index (κ3) is 3.82. The van der Waals surface area contributed by atoms with Crippen molar-refractivity contribution >= 4 is 11.7 Å². The zero-order valence-corrected chi connectivity index (χ0v) is 14.1. The highest BCUT2D eigenvalue weighted by molar-refractivity contribution is 5.89. The summed E-state index contributed by atoms with van der Waals surface area (Å²) in [5.74, 6) is -2.02. The van der Waals surface area contributed by atoms with Crippen LogP contribution in [0.15, 0.2) is 40.1 Å². The number of benzene rings is 1. The van der Waals surface area contributed by atoms with Crippen LogP contribution in [0.25, 0.3) is 0 Å². The number of nitro groups is 1. The average Bonchev–Trinajstić information content (AvgIpc) is 3.07. The number of aromatic amines is 1. The van der Waals surface area contributed by atoms with Crippen molar-refractivity contribution in [3.8, 4) is 0 Å². The second-order valence-electron chi connectivity index (χ2n) is 5.94. The maximum atomic E-state index is 13.5. The predicted molar refractivity (Wildman–Crippen MR) is 89.2 cm³/mol. The Balaban J connectivity index is 1.76. The summed E-state index contributed by atoms with van der Waals surface area (Å²) in [5.41, 5.74) is -2.26. The molecule has 0 spiro atoms. The fraction of sp³-hybridized carbons (Fsp3) is 0.312. The smallest absolute Gasteiger partial charge is 0.338 e. The molecule has 148 valence electrons. The summed E-state index contributed by atoms with van der Waals surface area (Å²) in [5, 5.41) is 20.1. The van der Waals surface area contributed by atoms with Crippen LogP contribution in [-0.2, 0) is 9.47 Å². The molecule has 1 aliphatic rings. The zero-order chi connectivity index (χ0) is 20.4. The number of aliphatic hydroxyl groups is 1. The van der Waals surface area contributed by atoms with E-state index in [-0.39, 0.29) is 17.7 Å². The Bertz CT molecular complexity index is 1020. The van der Waals surface area contributed by atoms with Crippen molar-refractivity contribution in [1.29, 1.82) is 0 Å². The minimum Gasteiger partial charge on any atom is -0.456 e. The molecule has 0 amide bonds. The first-order valence-electron chi connectivity index (χ1n) is 8.03. The molecular formula is C16H14FN3O8. The number of nitro benzene ring substituents is 1. The Kier molecular flexibility index (Phi) is 5.33. The quantitative estimate of drug-likeness (QED) is 0.410. The SMILES string of the molecule is O=C(O[C@H]1C[C@H](n2cc(F)c(=O)[nH]c2=O)O[C@@H]1CO)c1ccc([N+](=O)[O-])cc1. The van der Waals surface area contributed by atoms with Crippen LogP contribution in [0.3, 0.4) is 0 Å². The number of nitrogens with zero attached hydrogens (tertiary/aromatic N) is 2. The third-order valence-corrected chi connectivity index (χ3v) is 4.17. The highest BCUT2D eigenvalue weighted by atomic mass is 19.1. The van der Waals surface area contributed by atoms with Crippen LogP contribution in [0.2, 0.25) is 0 Å². The Morgan fingerprint density at radius 3 is 2.68 bits per heavy atom. The number of hydrogen-bond acceptors (Lipinski definition) is 8. The normalized spacial score (nSPS) is 21.4. The van der Waals surface area contributed by atoms with Crippen molar-refractivity contribution in [2.45, 2.75) is 24.9 Å². The molecule has 12 heteroatoms. The molecular weight excluding hydrogens is 381 g/mol. The lowest BCUT2D eigenvalue weighted by Gasteiger charge is -2.16. The predicted octanol–water partition coefficient (Wildman–Crippen LogP) is 0.0893. The van der Waals surface area contributed by atoms with Crippen LogP contribution >= 0.6 is 0 Å². The van der Waals surface area contributed by atoms with E-state index in [2.05, 4.69) is 0 Å². The van der Waals surface area contributed by atoms with Gasteiger partial charge in [-0.2, -0.15) is 4.39 Å². The molecule has 2 aromatic rings. The van der Waals surface area contributed by atoms with Crippen molar-refractivity contribution in [3.05, 3.63) is 72.8 Å². The van der Waals surface area contributed by atoms with Crippen LogP contribution in [0.5, 0.6) is 0 Å². The molecule has 0 saturated carbocycles. The van der Waals surface area contributed by atoms with Crippen LogP contribution in [0.4, 0.5) is 10.1 Å². The molecule has 11 nitrogen and oxygen atoms in total. The number of esters is 1. The molecule has 3 rings (SSSR count). The van der Waals surface area contributed by atoms with E-state index in [0.29, 0.717) is 6.20 Å². The summed E-state index contributed by atoms with van der Waals surface area (Å²) >= 11 is 0. The lowest BCUT2D eigenvalue weighted by Crippen LogP contribution is -2.34. The standard InChI is InChI=1S/C16H14FN3O8/c17-10-6-19(16(24)18-14(10)22)13-5-11(12(7-21)27-13)28-15(23)8-1-3-9(4-2-8)20(25)26/h1-4,6,11-13,21H,5,7H2,(H,18,22,24)/t11-,12+,13+/m0/s1. The van der Waals surface area contributed by atoms with E-state index in [9.17, 15) is 34.0 Å². The minimum absolute atomic E-state index is 0.0398. The first kappa shape index (κ1) is 19.4. The first-order chi connectivity index (χ1) is 13.3. The number of halogens is 1. The van der Waals surface area contributed by atoms with E-state index in [1.54, 1.807) is 4.98 Å². The summed E-state index contributed by atoms with van der Waals surface area (Å²) < 4.78 is 25.0. The van der Waals surface area contributed by atoms with Crippen molar-refractivity contribution in [3.63, 3.8) is 0 Å². The number of carbonyl (C=O) groups is 1. The molecule has 0 radical (unpaired) electrons. The van der Waals surface area contributed by atoms with Crippen LogP contribution in [0.1, 0.15) is 23.0 Å². The van der Waals surface area contributed by atoms with E-state index in [1.165, 1.54) is 12.1 Å². The van der Waals surface area contributed by atoms with Gasteiger partial charge in [0, 0.05) is 18.6 Å². The Morgan fingerprint density at radius 2 is 2.07 bits per heavy atom. The summed E-state index contributed by atoms with van der Waals surface area (Å²) in [6.07, 6.45) is -2.46. The van der Waals surface area contributed by atoms with Crippen molar-refractivity contribution in [2.75, 3.05) is 6.61 Å². The number of aliphatic hydroxyl groups excluding tert-OH is 1. The number of hydrogen-bond donors (Lipinski definition) is 2. The number of nitrogens with one attached hydrogen (secondary N) is 1. The van der Waals surface area contributed by atoms with Crippen molar-refractivity contribution < 1.29 is 28.7 Å². The van der Waals surface area contributed by atoms with Gasteiger partial charge in [-0.3, -0.25) is 24.5 Å². The summed E-state index contributed by atoms with van der Waals surface area (Å²) in [4.78, 5) is 47.0. The molecule has 0 aliphatic carbocycles. The van der Waals surface area contributed by atoms with Gasteiger partial charge in [-0.25, -0.2) is 9.59 Å². The highest BCUT2D eigenvalue weighted by Gasteiger charge is 2.39. The lowest BCUT2D eigenvalue weighted by molar-refractivity contribution is -0.384. The molecule has 1 aromatic carbocycles. The van der Waals surface area contributed by atoms with Crippen LogP contribution in [-0.4, -0.2) is 44.4 Å². The molecule has 1 aliphatic heterocycles. The van der Waals surface area contributed by atoms with Crippen LogP contribution in [0, 0.1) is 15.9 Å². The minimum atomic E-state index is -1.20. The van der Waals surface area contributed by atoms with E-state index < -0.39 is 53.0 Å². The van der Waals surface area contributed by atoms with Gasteiger partial charge < -0.3 is 14.6 Å². The maximum Gasteiger partial charge on any atom is 0.338 e. The molecule has 2 heterocycles. The highest BCUT2D eigenvalue weighted by Crippen LogP contribution is 2.30. The summed E-state index contributed by atoms with van der Waals surface area (Å²) in [6.45, 7) is -0.546.